The lowest BCUT2D eigenvalue weighted by molar-refractivity contribution is 0.180. The number of carbonyl (C=O) groups excluding carboxylic acids is 1. The first-order valence-corrected chi connectivity index (χ1v) is 10.4. The number of pyridine rings is 1. The molecule has 2 aromatic heterocycles. The molecule has 0 bridgehead atoms. The maximum Gasteiger partial charge on any atom is 0.321 e. The van der Waals surface area contributed by atoms with Crippen LogP contribution in [0.5, 0.6) is 0 Å². The number of hydrogen-bond donors (Lipinski definition) is 1. The van der Waals surface area contributed by atoms with E-state index in [0.29, 0.717) is 30.4 Å². The van der Waals surface area contributed by atoms with Crippen molar-refractivity contribution in [3.8, 4) is 11.1 Å². The van der Waals surface area contributed by atoms with Crippen LogP contribution in [0.3, 0.4) is 0 Å². The molecule has 0 saturated carbocycles. The highest BCUT2D eigenvalue weighted by Gasteiger charge is 2.24. The van der Waals surface area contributed by atoms with E-state index >= 15 is 0 Å². The third-order valence-electron chi connectivity index (χ3n) is 5.16. The highest BCUT2D eigenvalue weighted by Crippen LogP contribution is 2.27. The molecule has 3 aromatic rings. The summed E-state index contributed by atoms with van der Waals surface area (Å²) in [4.78, 5) is 18.4. The van der Waals surface area contributed by atoms with E-state index in [4.69, 9.17) is 0 Å². The predicted octanol–water partition coefficient (Wildman–Crippen LogP) is 5.29. The van der Waals surface area contributed by atoms with Crippen molar-refractivity contribution in [2.45, 2.75) is 39.7 Å². The van der Waals surface area contributed by atoms with Crippen LogP contribution in [0.25, 0.3) is 11.1 Å². The topological polar surface area (TPSA) is 63.1 Å². The Morgan fingerprint density at radius 1 is 1.17 bits per heavy atom. The molecular formula is C23H28FN5O. The first-order chi connectivity index (χ1) is 14.6. The lowest BCUT2D eigenvalue weighted by Crippen LogP contribution is -2.41. The van der Waals surface area contributed by atoms with Crippen molar-refractivity contribution in [1.82, 2.24) is 19.7 Å². The maximum absolute atomic E-state index is 13.5. The molecular weight excluding hydrogens is 381 g/mol. The van der Waals surface area contributed by atoms with Gasteiger partial charge < -0.3 is 10.2 Å². The standard InChI is InChI=1S/C21H22FN5O.C2H6/c1-15-3-4-18(12-20(15)16-11-17(22)14-23-13-16)25-21(28)26-9-5-19(6-10-26)27-8-2-7-24-27;1-2/h2-4,7-8,11-14,19H,5-6,9-10H2,1H3,(H,25,28);1-2H3. The van der Waals surface area contributed by atoms with E-state index in [0.717, 1.165) is 24.0 Å². The minimum atomic E-state index is -0.383. The third kappa shape index (κ3) is 5.03. The number of amides is 2. The number of aryl methyl sites for hydroxylation is 1. The van der Waals surface area contributed by atoms with Gasteiger partial charge in [-0.05, 0) is 55.2 Å². The Labute approximate surface area is 176 Å². The number of nitrogens with one attached hydrogen (secondary N) is 1. The van der Waals surface area contributed by atoms with Gasteiger partial charge in [0.05, 0.1) is 12.2 Å². The average molecular weight is 410 g/mol. The summed E-state index contributed by atoms with van der Waals surface area (Å²) in [6.07, 6.45) is 8.30. The number of piperidine rings is 1. The second-order valence-corrected chi connectivity index (χ2v) is 7.06. The van der Waals surface area contributed by atoms with Crippen LogP contribution in [-0.4, -0.2) is 38.8 Å². The molecule has 1 saturated heterocycles. The van der Waals surface area contributed by atoms with Crippen LogP contribution in [0, 0.1) is 12.7 Å². The smallest absolute Gasteiger partial charge is 0.321 e. The van der Waals surface area contributed by atoms with Gasteiger partial charge in [-0.15, -0.1) is 0 Å². The van der Waals surface area contributed by atoms with Crippen molar-refractivity contribution < 1.29 is 9.18 Å². The van der Waals surface area contributed by atoms with Gasteiger partial charge in [0.15, 0.2) is 0 Å². The Morgan fingerprint density at radius 3 is 2.60 bits per heavy atom. The second kappa shape index (κ2) is 10.0. The molecule has 0 unspecified atom stereocenters. The molecule has 6 nitrogen and oxygen atoms in total. The third-order valence-corrected chi connectivity index (χ3v) is 5.16. The van der Waals surface area contributed by atoms with E-state index in [-0.39, 0.29) is 11.8 Å². The summed E-state index contributed by atoms with van der Waals surface area (Å²) in [6.45, 7) is 7.32. The van der Waals surface area contributed by atoms with E-state index in [1.165, 1.54) is 12.3 Å². The molecule has 0 atom stereocenters. The maximum atomic E-state index is 13.5. The zero-order valence-corrected chi connectivity index (χ0v) is 17.7. The molecule has 30 heavy (non-hydrogen) atoms. The molecule has 7 heteroatoms. The molecule has 1 aliphatic rings. The number of likely N-dealkylation sites (tertiary alicyclic amines) is 1. The van der Waals surface area contributed by atoms with Crippen molar-refractivity contribution in [1.29, 1.82) is 0 Å². The number of nitrogens with zero attached hydrogens (tertiary/aromatic N) is 4. The van der Waals surface area contributed by atoms with Gasteiger partial charge in [0.1, 0.15) is 5.82 Å². The van der Waals surface area contributed by atoms with Crippen LogP contribution in [0.15, 0.2) is 55.1 Å². The number of urea groups is 1. The Hall–Kier alpha value is -3.22. The Kier molecular flexibility index (Phi) is 7.17. The van der Waals surface area contributed by atoms with Crippen molar-refractivity contribution in [3.05, 3.63) is 66.5 Å². The van der Waals surface area contributed by atoms with Crippen LogP contribution >= 0.6 is 0 Å². The number of hydrogen-bond acceptors (Lipinski definition) is 3. The SMILES string of the molecule is CC.Cc1ccc(NC(=O)N2CCC(n3cccn3)CC2)cc1-c1cncc(F)c1. The van der Waals surface area contributed by atoms with E-state index in [2.05, 4.69) is 15.4 Å². The van der Waals surface area contributed by atoms with Crippen LogP contribution in [0.1, 0.15) is 38.3 Å². The Morgan fingerprint density at radius 2 is 1.93 bits per heavy atom. The molecule has 4 rings (SSSR count). The lowest BCUT2D eigenvalue weighted by atomic mass is 10.0. The fraction of sp³-hybridized carbons (Fsp3) is 0.348. The van der Waals surface area contributed by atoms with E-state index < -0.39 is 0 Å². The number of aromatic nitrogens is 3. The number of rotatable bonds is 3. The summed E-state index contributed by atoms with van der Waals surface area (Å²) in [5.41, 5.74) is 3.21. The van der Waals surface area contributed by atoms with Crippen molar-refractivity contribution in [2.24, 2.45) is 0 Å². The molecule has 1 aromatic carbocycles. The minimum Gasteiger partial charge on any atom is -0.324 e. The highest BCUT2D eigenvalue weighted by molar-refractivity contribution is 5.90. The molecule has 0 radical (unpaired) electrons. The first-order valence-electron chi connectivity index (χ1n) is 10.4. The number of anilines is 1. The van der Waals surface area contributed by atoms with Gasteiger partial charge in [-0.3, -0.25) is 9.67 Å². The quantitative estimate of drug-likeness (QED) is 0.639. The first kappa shape index (κ1) is 21.5. The van der Waals surface area contributed by atoms with Gasteiger partial charge >= 0.3 is 6.03 Å². The monoisotopic (exact) mass is 409 g/mol. The van der Waals surface area contributed by atoms with Crippen molar-refractivity contribution in [2.75, 3.05) is 18.4 Å². The fourth-order valence-corrected chi connectivity index (χ4v) is 3.60. The van der Waals surface area contributed by atoms with Crippen LogP contribution < -0.4 is 5.32 Å². The van der Waals surface area contributed by atoms with Gasteiger partial charge in [0, 0.05) is 42.9 Å². The van der Waals surface area contributed by atoms with Crippen molar-refractivity contribution >= 4 is 11.7 Å². The lowest BCUT2D eigenvalue weighted by Gasteiger charge is -2.32. The summed E-state index contributed by atoms with van der Waals surface area (Å²) in [6, 6.07) is 9.22. The summed E-state index contributed by atoms with van der Waals surface area (Å²) in [7, 11) is 0. The van der Waals surface area contributed by atoms with Gasteiger partial charge in [0.25, 0.3) is 0 Å². The Balaban J connectivity index is 0.00000124. The fourth-order valence-electron chi connectivity index (χ4n) is 3.60. The highest BCUT2D eigenvalue weighted by atomic mass is 19.1. The van der Waals surface area contributed by atoms with E-state index in [9.17, 15) is 9.18 Å². The van der Waals surface area contributed by atoms with Gasteiger partial charge in [0.2, 0.25) is 0 Å². The molecule has 2 amide bonds. The summed E-state index contributed by atoms with van der Waals surface area (Å²) >= 11 is 0. The molecule has 1 aliphatic heterocycles. The van der Waals surface area contributed by atoms with Crippen molar-refractivity contribution in [3.63, 3.8) is 0 Å². The summed E-state index contributed by atoms with van der Waals surface area (Å²) in [5, 5.41) is 7.26. The van der Waals surface area contributed by atoms with Crippen LogP contribution in [-0.2, 0) is 0 Å². The zero-order valence-electron chi connectivity index (χ0n) is 17.7. The van der Waals surface area contributed by atoms with Gasteiger partial charge in [-0.25, -0.2) is 9.18 Å². The molecule has 0 spiro atoms. The summed E-state index contributed by atoms with van der Waals surface area (Å²) < 4.78 is 15.5. The number of carbonyl (C=O) groups is 1. The van der Waals surface area contributed by atoms with Gasteiger partial charge in [-0.1, -0.05) is 19.9 Å². The summed E-state index contributed by atoms with van der Waals surface area (Å²) in [5.74, 6) is -0.383. The largest absolute Gasteiger partial charge is 0.324 e. The van der Waals surface area contributed by atoms with Crippen LogP contribution in [0.4, 0.5) is 14.9 Å². The average Bonchev–Trinajstić information content (AvgIpc) is 3.31. The molecule has 158 valence electrons. The van der Waals surface area contributed by atoms with E-state index in [1.54, 1.807) is 12.4 Å². The normalized spacial score (nSPS) is 14.1. The molecule has 1 fully saturated rings. The zero-order chi connectivity index (χ0) is 21.5. The number of halogens is 1. The molecule has 3 heterocycles. The second-order valence-electron chi connectivity index (χ2n) is 7.06. The molecule has 1 N–H and O–H groups in total. The van der Waals surface area contributed by atoms with Gasteiger partial charge in [-0.2, -0.15) is 5.10 Å². The number of benzene rings is 1. The predicted molar refractivity (Wildman–Crippen MR) is 117 cm³/mol. The van der Waals surface area contributed by atoms with Crippen LogP contribution in [0.2, 0.25) is 0 Å². The molecule has 0 aliphatic carbocycles. The van der Waals surface area contributed by atoms with E-state index in [1.807, 2.05) is 60.8 Å². The minimum absolute atomic E-state index is 0.119. The Bertz CT molecular complexity index is 965.